The minimum Gasteiger partial charge on any atom is -0.444 e. The summed E-state index contributed by atoms with van der Waals surface area (Å²) in [5, 5.41) is 2.88. The van der Waals surface area contributed by atoms with Crippen LogP contribution in [0.2, 0.25) is 0 Å². The molecule has 1 aliphatic heterocycles. The third kappa shape index (κ3) is 4.86. The van der Waals surface area contributed by atoms with Crippen LogP contribution in [0.5, 0.6) is 0 Å². The van der Waals surface area contributed by atoms with Crippen molar-refractivity contribution in [3.63, 3.8) is 0 Å². The first-order chi connectivity index (χ1) is 10.7. The van der Waals surface area contributed by atoms with E-state index in [0.717, 1.165) is 31.7 Å². The number of piperidine rings is 1. The standard InChI is InChI=1S/C16H26N4O2/c1-15(2,3)22-14(21)19-12-16(4)5-9-20(10-6-16)13-11-17-7-8-18-13/h7-8,11H,5-6,9-10,12H2,1-4H3,(H,19,21)/i7D. The normalized spacial score (nSPS) is 18.5. The molecule has 2 heterocycles. The third-order valence-corrected chi connectivity index (χ3v) is 3.86. The number of anilines is 1. The van der Waals surface area contributed by atoms with Crippen molar-refractivity contribution in [1.29, 1.82) is 0 Å². The number of nitrogens with one attached hydrogen (secondary N) is 1. The molecule has 0 aliphatic carbocycles. The zero-order chi connectivity index (χ0) is 17.1. The minimum atomic E-state index is -0.475. The van der Waals surface area contributed by atoms with Crippen LogP contribution in [0.1, 0.15) is 41.9 Å². The van der Waals surface area contributed by atoms with Crippen LogP contribution in [0.3, 0.4) is 0 Å². The lowest BCUT2D eigenvalue weighted by Gasteiger charge is -2.39. The Balaban J connectivity index is 1.82. The Bertz CT molecular complexity index is 534. The first-order valence-corrected chi connectivity index (χ1v) is 7.67. The topological polar surface area (TPSA) is 67.4 Å². The summed E-state index contributed by atoms with van der Waals surface area (Å²) >= 11 is 0. The van der Waals surface area contributed by atoms with Gasteiger partial charge in [0.1, 0.15) is 11.4 Å². The lowest BCUT2D eigenvalue weighted by atomic mass is 9.80. The van der Waals surface area contributed by atoms with E-state index in [9.17, 15) is 4.79 Å². The van der Waals surface area contributed by atoms with Gasteiger partial charge in [-0.15, -0.1) is 0 Å². The van der Waals surface area contributed by atoms with Crippen molar-refractivity contribution in [3.05, 3.63) is 18.6 Å². The van der Waals surface area contributed by atoms with E-state index in [4.69, 9.17) is 6.11 Å². The Morgan fingerprint density at radius 1 is 1.50 bits per heavy atom. The maximum absolute atomic E-state index is 11.8. The molecule has 22 heavy (non-hydrogen) atoms. The molecular formula is C16H26N4O2. The molecule has 0 saturated carbocycles. The summed E-state index contributed by atoms with van der Waals surface area (Å²) in [5.74, 6) is 0.808. The quantitative estimate of drug-likeness (QED) is 0.929. The summed E-state index contributed by atoms with van der Waals surface area (Å²) in [6.45, 7) is 10.1. The molecule has 1 saturated heterocycles. The molecule has 0 radical (unpaired) electrons. The van der Waals surface area contributed by atoms with Crippen LogP contribution >= 0.6 is 0 Å². The number of ether oxygens (including phenoxy) is 1. The molecule has 1 amide bonds. The van der Waals surface area contributed by atoms with Crippen LogP contribution in [-0.4, -0.2) is 41.3 Å². The average molecular weight is 307 g/mol. The van der Waals surface area contributed by atoms with Crippen LogP contribution in [-0.2, 0) is 4.74 Å². The van der Waals surface area contributed by atoms with Gasteiger partial charge in [-0.1, -0.05) is 6.92 Å². The van der Waals surface area contributed by atoms with Crippen molar-refractivity contribution >= 4 is 11.9 Å². The maximum atomic E-state index is 11.8. The summed E-state index contributed by atoms with van der Waals surface area (Å²) in [5.41, 5.74) is -0.423. The number of carbonyl (C=O) groups is 1. The van der Waals surface area contributed by atoms with Crippen molar-refractivity contribution in [2.45, 2.75) is 46.1 Å². The SMILES string of the molecule is [2H]c1cnc(N2CCC(C)(CNC(=O)OC(C)(C)C)CC2)cn1. The summed E-state index contributed by atoms with van der Waals surface area (Å²) in [4.78, 5) is 22.2. The Morgan fingerprint density at radius 2 is 2.18 bits per heavy atom. The molecule has 1 aromatic rings. The number of hydrogen-bond donors (Lipinski definition) is 1. The number of alkyl carbamates (subject to hydrolysis) is 1. The van der Waals surface area contributed by atoms with Crippen LogP contribution in [0, 0.1) is 5.41 Å². The number of hydrogen-bond acceptors (Lipinski definition) is 5. The lowest BCUT2D eigenvalue weighted by Crippen LogP contribution is -2.45. The van der Waals surface area contributed by atoms with Crippen molar-refractivity contribution < 1.29 is 10.9 Å². The highest BCUT2D eigenvalue weighted by molar-refractivity contribution is 5.67. The molecule has 0 unspecified atom stereocenters. The monoisotopic (exact) mass is 307 g/mol. The molecule has 6 heteroatoms. The van der Waals surface area contributed by atoms with Gasteiger partial charge in [0.2, 0.25) is 0 Å². The van der Waals surface area contributed by atoms with E-state index in [2.05, 4.69) is 27.1 Å². The second-order valence-electron chi connectivity index (χ2n) is 7.16. The van der Waals surface area contributed by atoms with Gasteiger partial charge in [-0.05, 0) is 39.0 Å². The maximum Gasteiger partial charge on any atom is 0.407 e. The van der Waals surface area contributed by atoms with Crippen LogP contribution in [0.25, 0.3) is 0 Å². The summed E-state index contributed by atoms with van der Waals surface area (Å²) < 4.78 is 12.7. The van der Waals surface area contributed by atoms with Crippen molar-refractivity contribution in [2.24, 2.45) is 5.41 Å². The Morgan fingerprint density at radius 3 is 2.73 bits per heavy atom. The number of rotatable bonds is 3. The highest BCUT2D eigenvalue weighted by Gasteiger charge is 2.31. The molecule has 1 fully saturated rings. The second-order valence-corrected chi connectivity index (χ2v) is 7.16. The summed E-state index contributed by atoms with van der Waals surface area (Å²) in [7, 11) is 0. The zero-order valence-electron chi connectivity index (χ0n) is 14.8. The van der Waals surface area contributed by atoms with E-state index in [1.165, 1.54) is 6.20 Å². The highest BCUT2D eigenvalue weighted by Crippen LogP contribution is 2.31. The first kappa shape index (κ1) is 15.1. The van der Waals surface area contributed by atoms with Gasteiger partial charge >= 0.3 is 6.09 Å². The predicted octanol–water partition coefficient (Wildman–Crippen LogP) is 2.61. The number of aromatic nitrogens is 2. The zero-order valence-corrected chi connectivity index (χ0v) is 13.8. The highest BCUT2D eigenvalue weighted by atomic mass is 16.6. The van der Waals surface area contributed by atoms with Gasteiger partial charge in [0, 0.05) is 32.0 Å². The summed E-state index contributed by atoms with van der Waals surface area (Å²) in [6, 6.07) is 0. The van der Waals surface area contributed by atoms with Crippen molar-refractivity contribution in [1.82, 2.24) is 15.3 Å². The molecule has 0 atom stereocenters. The van der Waals surface area contributed by atoms with Crippen LogP contribution in [0.15, 0.2) is 18.6 Å². The van der Waals surface area contributed by atoms with E-state index in [0.29, 0.717) is 6.54 Å². The van der Waals surface area contributed by atoms with Gasteiger partial charge in [0.05, 0.1) is 7.57 Å². The summed E-state index contributed by atoms with van der Waals surface area (Å²) in [6.07, 6.45) is 4.83. The largest absolute Gasteiger partial charge is 0.444 e. The Hall–Kier alpha value is -1.85. The molecular weight excluding hydrogens is 280 g/mol. The van der Waals surface area contributed by atoms with E-state index >= 15 is 0 Å². The molecule has 6 nitrogen and oxygen atoms in total. The average Bonchev–Trinajstić information content (AvgIpc) is 2.46. The lowest BCUT2D eigenvalue weighted by molar-refractivity contribution is 0.0495. The van der Waals surface area contributed by atoms with E-state index < -0.39 is 5.60 Å². The minimum absolute atomic E-state index is 0.0518. The van der Waals surface area contributed by atoms with Gasteiger partial charge in [0.25, 0.3) is 0 Å². The molecule has 0 aromatic carbocycles. The van der Waals surface area contributed by atoms with Crippen molar-refractivity contribution in [2.75, 3.05) is 24.5 Å². The molecule has 0 bridgehead atoms. The number of nitrogens with zero attached hydrogens (tertiary/aromatic N) is 3. The van der Waals surface area contributed by atoms with Gasteiger partial charge in [-0.25, -0.2) is 9.78 Å². The smallest absolute Gasteiger partial charge is 0.407 e. The molecule has 1 aliphatic rings. The fourth-order valence-electron chi connectivity index (χ4n) is 2.47. The molecule has 1 aromatic heterocycles. The molecule has 1 N–H and O–H groups in total. The fourth-order valence-corrected chi connectivity index (χ4v) is 2.47. The van der Waals surface area contributed by atoms with Crippen molar-refractivity contribution in [3.8, 4) is 0 Å². The molecule has 0 spiro atoms. The van der Waals surface area contributed by atoms with Crippen LogP contribution in [0.4, 0.5) is 10.6 Å². The number of amides is 1. The molecule has 122 valence electrons. The molecule has 2 rings (SSSR count). The van der Waals surface area contributed by atoms with Gasteiger partial charge < -0.3 is 15.0 Å². The first-order valence-electron chi connectivity index (χ1n) is 8.17. The van der Waals surface area contributed by atoms with Gasteiger partial charge in [-0.3, -0.25) is 4.98 Å². The van der Waals surface area contributed by atoms with E-state index in [-0.39, 0.29) is 17.7 Å². The Kier molecular flexibility index (Phi) is 4.45. The Labute approximate surface area is 133 Å². The second kappa shape index (κ2) is 6.50. The fraction of sp³-hybridized carbons (Fsp3) is 0.688. The van der Waals surface area contributed by atoms with E-state index in [1.54, 1.807) is 6.20 Å². The van der Waals surface area contributed by atoms with Gasteiger partial charge in [-0.2, -0.15) is 0 Å². The van der Waals surface area contributed by atoms with E-state index in [1.807, 2.05) is 20.8 Å². The number of carbonyl (C=O) groups excluding carboxylic acids is 1. The van der Waals surface area contributed by atoms with Gasteiger partial charge in [0.15, 0.2) is 0 Å². The predicted molar refractivity (Wildman–Crippen MR) is 85.8 cm³/mol. The third-order valence-electron chi connectivity index (χ3n) is 3.86. The van der Waals surface area contributed by atoms with Crippen LogP contribution < -0.4 is 10.2 Å².